The summed E-state index contributed by atoms with van der Waals surface area (Å²) in [5.41, 5.74) is 5.39. The van der Waals surface area contributed by atoms with Crippen LogP contribution in [0.3, 0.4) is 0 Å². The van der Waals surface area contributed by atoms with Gasteiger partial charge in [0.1, 0.15) is 6.33 Å². The lowest BCUT2D eigenvalue weighted by molar-refractivity contribution is 0.0730. The minimum Gasteiger partial charge on any atom is -0.298 e. The molecule has 4 nitrogen and oxygen atoms in total. The molecular weight excluding hydrogens is 308 g/mol. The van der Waals surface area contributed by atoms with Crippen molar-refractivity contribution < 1.29 is 0 Å². The Bertz CT molecular complexity index is 705. The molecule has 2 aliphatic rings. The quantitative estimate of drug-likeness (QED) is 0.862. The van der Waals surface area contributed by atoms with Gasteiger partial charge in [0.25, 0.3) is 0 Å². The predicted octanol–water partition coefficient (Wildman–Crippen LogP) is 3.03. The Kier molecular flexibility index (Phi) is 4.82. The Balaban J connectivity index is 1.44. The fourth-order valence-corrected chi connectivity index (χ4v) is 4.29. The monoisotopic (exact) mass is 336 g/mol. The zero-order valence-electron chi connectivity index (χ0n) is 15.4. The minimum absolute atomic E-state index is 0.676. The summed E-state index contributed by atoms with van der Waals surface area (Å²) in [6.45, 7) is 9.49. The summed E-state index contributed by atoms with van der Waals surface area (Å²) in [5.74, 6) is 0. The van der Waals surface area contributed by atoms with Crippen LogP contribution in [0.25, 0.3) is 11.1 Å². The van der Waals surface area contributed by atoms with Gasteiger partial charge in [0.05, 0.1) is 0 Å². The maximum Gasteiger partial charge on any atom is 0.115 e. The number of aromatic nitrogens is 2. The van der Waals surface area contributed by atoms with Crippen molar-refractivity contribution in [3.63, 3.8) is 0 Å². The van der Waals surface area contributed by atoms with Crippen molar-refractivity contribution >= 4 is 0 Å². The molecule has 4 rings (SSSR count). The van der Waals surface area contributed by atoms with E-state index in [1.807, 2.05) is 12.4 Å². The van der Waals surface area contributed by atoms with Crippen molar-refractivity contribution in [1.82, 2.24) is 19.8 Å². The van der Waals surface area contributed by atoms with Crippen molar-refractivity contribution in [1.29, 1.82) is 0 Å². The van der Waals surface area contributed by atoms with E-state index in [1.54, 1.807) is 6.33 Å². The third-order valence-electron chi connectivity index (χ3n) is 5.90. The zero-order chi connectivity index (χ0) is 17.2. The van der Waals surface area contributed by atoms with Crippen LogP contribution in [0.1, 0.15) is 31.4 Å². The van der Waals surface area contributed by atoms with E-state index in [0.717, 1.165) is 5.56 Å². The molecule has 4 heteroatoms. The maximum atomic E-state index is 4.14. The van der Waals surface area contributed by atoms with Crippen LogP contribution in [0, 0.1) is 0 Å². The summed E-state index contributed by atoms with van der Waals surface area (Å²) in [6, 6.07) is 8.30. The Labute approximate surface area is 150 Å². The van der Waals surface area contributed by atoms with Gasteiger partial charge in [-0.15, -0.1) is 0 Å². The van der Waals surface area contributed by atoms with Gasteiger partial charge < -0.3 is 0 Å². The smallest absolute Gasteiger partial charge is 0.115 e. The molecule has 1 atom stereocenters. The first-order chi connectivity index (χ1) is 12.2. The molecule has 25 heavy (non-hydrogen) atoms. The van der Waals surface area contributed by atoms with Gasteiger partial charge >= 0.3 is 0 Å². The Morgan fingerprint density at radius 3 is 2.44 bits per heavy atom. The zero-order valence-corrected chi connectivity index (χ0v) is 15.4. The van der Waals surface area contributed by atoms with Crippen molar-refractivity contribution in [2.75, 3.05) is 26.2 Å². The molecule has 1 aliphatic heterocycles. The first-order valence-electron chi connectivity index (χ1n) is 9.56. The van der Waals surface area contributed by atoms with Gasteiger partial charge in [0, 0.05) is 56.2 Å². The van der Waals surface area contributed by atoms with Crippen LogP contribution < -0.4 is 0 Å². The second-order valence-corrected chi connectivity index (χ2v) is 7.67. The molecule has 0 saturated carbocycles. The SMILES string of the molecule is CC(C)N1CCN(C2CCc3cc(-c4cncnc4)ccc3C2)CC1. The van der Waals surface area contributed by atoms with Crippen molar-refractivity contribution in [3.8, 4) is 11.1 Å². The number of piperazine rings is 1. The normalized spacial score (nSPS) is 22.1. The molecule has 0 bridgehead atoms. The number of aryl methyl sites for hydroxylation is 1. The molecular formula is C21H28N4. The van der Waals surface area contributed by atoms with E-state index in [2.05, 4.69) is 51.8 Å². The Morgan fingerprint density at radius 2 is 1.72 bits per heavy atom. The third kappa shape index (κ3) is 3.60. The van der Waals surface area contributed by atoms with E-state index in [4.69, 9.17) is 0 Å². The third-order valence-corrected chi connectivity index (χ3v) is 5.90. The van der Waals surface area contributed by atoms with E-state index >= 15 is 0 Å². The summed E-state index contributed by atoms with van der Waals surface area (Å²) < 4.78 is 0. The van der Waals surface area contributed by atoms with Gasteiger partial charge in [-0.05, 0) is 49.8 Å². The summed E-state index contributed by atoms with van der Waals surface area (Å²) in [4.78, 5) is 13.6. The van der Waals surface area contributed by atoms with E-state index in [-0.39, 0.29) is 0 Å². The molecule has 0 amide bonds. The van der Waals surface area contributed by atoms with E-state index in [0.29, 0.717) is 12.1 Å². The molecule has 1 fully saturated rings. The highest BCUT2D eigenvalue weighted by molar-refractivity contribution is 5.63. The van der Waals surface area contributed by atoms with Crippen LogP contribution in [0.4, 0.5) is 0 Å². The number of fused-ring (bicyclic) bond motifs is 1. The molecule has 1 saturated heterocycles. The van der Waals surface area contributed by atoms with Gasteiger partial charge in [-0.2, -0.15) is 0 Å². The largest absolute Gasteiger partial charge is 0.298 e. The van der Waals surface area contributed by atoms with Gasteiger partial charge in [-0.3, -0.25) is 9.80 Å². The molecule has 1 aliphatic carbocycles. The first kappa shape index (κ1) is 16.7. The molecule has 1 aromatic carbocycles. The molecule has 0 spiro atoms. The maximum absolute atomic E-state index is 4.14. The van der Waals surface area contributed by atoms with Gasteiger partial charge in [0.2, 0.25) is 0 Å². The van der Waals surface area contributed by atoms with Crippen molar-refractivity contribution in [2.45, 2.75) is 45.2 Å². The topological polar surface area (TPSA) is 32.3 Å². The average Bonchev–Trinajstić information content (AvgIpc) is 2.68. The molecule has 0 radical (unpaired) electrons. The molecule has 2 heterocycles. The Morgan fingerprint density at radius 1 is 0.960 bits per heavy atom. The summed E-state index contributed by atoms with van der Waals surface area (Å²) in [6.07, 6.45) is 9.05. The van der Waals surface area contributed by atoms with Crippen molar-refractivity contribution in [2.24, 2.45) is 0 Å². The van der Waals surface area contributed by atoms with Crippen LogP contribution in [-0.4, -0.2) is 58.0 Å². The number of hydrogen-bond donors (Lipinski definition) is 0. The van der Waals surface area contributed by atoms with Crippen LogP contribution in [0.15, 0.2) is 36.9 Å². The summed E-state index contributed by atoms with van der Waals surface area (Å²) >= 11 is 0. The lowest BCUT2D eigenvalue weighted by Crippen LogP contribution is -2.53. The molecule has 132 valence electrons. The van der Waals surface area contributed by atoms with E-state index in [9.17, 15) is 0 Å². The highest BCUT2D eigenvalue weighted by Gasteiger charge is 2.28. The fraction of sp³-hybridized carbons (Fsp3) is 0.524. The fourth-order valence-electron chi connectivity index (χ4n) is 4.29. The second-order valence-electron chi connectivity index (χ2n) is 7.67. The van der Waals surface area contributed by atoms with Gasteiger partial charge in [0.15, 0.2) is 0 Å². The van der Waals surface area contributed by atoms with Crippen LogP contribution in [0.2, 0.25) is 0 Å². The van der Waals surface area contributed by atoms with Gasteiger partial charge in [-0.1, -0.05) is 18.2 Å². The number of rotatable bonds is 3. The molecule has 0 N–H and O–H groups in total. The number of nitrogens with zero attached hydrogens (tertiary/aromatic N) is 4. The van der Waals surface area contributed by atoms with Crippen LogP contribution in [0.5, 0.6) is 0 Å². The molecule has 2 aromatic rings. The predicted molar refractivity (Wildman–Crippen MR) is 102 cm³/mol. The van der Waals surface area contributed by atoms with Crippen LogP contribution >= 0.6 is 0 Å². The lowest BCUT2D eigenvalue weighted by atomic mass is 9.85. The van der Waals surface area contributed by atoms with E-state index in [1.165, 1.54) is 62.1 Å². The molecule has 1 aromatic heterocycles. The number of benzene rings is 1. The Hall–Kier alpha value is -1.78. The highest BCUT2D eigenvalue weighted by atomic mass is 15.3. The summed E-state index contributed by atoms with van der Waals surface area (Å²) in [7, 11) is 0. The molecule has 1 unspecified atom stereocenters. The van der Waals surface area contributed by atoms with Gasteiger partial charge in [-0.25, -0.2) is 9.97 Å². The van der Waals surface area contributed by atoms with E-state index < -0.39 is 0 Å². The summed E-state index contributed by atoms with van der Waals surface area (Å²) in [5, 5.41) is 0. The minimum atomic E-state index is 0.676. The standard InChI is InChI=1S/C21H28N4/c1-16(2)24-7-9-25(10-8-24)21-6-5-17-11-18(3-4-19(17)12-21)20-13-22-15-23-14-20/h3-4,11,13-16,21H,5-10,12H2,1-2H3. The highest BCUT2D eigenvalue weighted by Crippen LogP contribution is 2.29. The first-order valence-corrected chi connectivity index (χ1v) is 9.56. The van der Waals surface area contributed by atoms with Crippen LogP contribution in [-0.2, 0) is 12.8 Å². The lowest BCUT2D eigenvalue weighted by Gasteiger charge is -2.42. The second kappa shape index (κ2) is 7.22. The van der Waals surface area contributed by atoms with Crippen molar-refractivity contribution in [3.05, 3.63) is 48.0 Å². The average molecular weight is 336 g/mol. The number of hydrogen-bond acceptors (Lipinski definition) is 4.